The first kappa shape index (κ1) is 20.1. The Balaban J connectivity index is 1.64. The van der Waals surface area contributed by atoms with Crippen molar-refractivity contribution in [2.24, 2.45) is 11.3 Å². The second-order valence-corrected chi connectivity index (χ2v) is 9.85. The Bertz CT molecular complexity index is 764. The molecule has 2 fully saturated rings. The number of hydrogen-bond acceptors (Lipinski definition) is 3. The average molecular weight is 483 g/mol. The lowest BCUT2D eigenvalue weighted by Gasteiger charge is -2.40. The number of urea groups is 1. The number of nitrogens with one attached hydrogen (secondary N) is 2. The Morgan fingerprint density at radius 1 is 1.30 bits per heavy atom. The number of hydrogen-bond donors (Lipinski definition) is 2. The molecule has 0 aromatic heterocycles. The van der Waals surface area contributed by atoms with Crippen LogP contribution in [0, 0.1) is 14.9 Å². The van der Waals surface area contributed by atoms with Crippen LogP contribution in [0.2, 0.25) is 0 Å². The van der Waals surface area contributed by atoms with Crippen molar-refractivity contribution in [1.82, 2.24) is 10.2 Å². The summed E-state index contributed by atoms with van der Waals surface area (Å²) in [5, 5.41) is 5.63. The van der Waals surface area contributed by atoms with Crippen LogP contribution in [0.1, 0.15) is 46.5 Å². The molecule has 2 N–H and O–H groups in total. The van der Waals surface area contributed by atoms with Crippen molar-refractivity contribution in [3.63, 3.8) is 0 Å². The fourth-order valence-corrected chi connectivity index (χ4v) is 4.59. The molecule has 27 heavy (non-hydrogen) atoms. The highest BCUT2D eigenvalue weighted by Gasteiger charge is 2.53. The summed E-state index contributed by atoms with van der Waals surface area (Å²) in [5.74, 6) is -0.107. The zero-order valence-corrected chi connectivity index (χ0v) is 18.1. The molecule has 6 nitrogen and oxygen atoms in total. The number of nitrogens with zero attached hydrogens (tertiary/aromatic N) is 1. The van der Waals surface area contributed by atoms with Gasteiger partial charge in [0.05, 0.1) is 0 Å². The second-order valence-electron chi connectivity index (χ2n) is 8.60. The van der Waals surface area contributed by atoms with Crippen LogP contribution in [0.25, 0.3) is 0 Å². The number of anilines is 1. The molecule has 0 bridgehead atoms. The highest BCUT2D eigenvalue weighted by molar-refractivity contribution is 14.1. The summed E-state index contributed by atoms with van der Waals surface area (Å²) in [5.41, 5.74) is 0.0146. The van der Waals surface area contributed by atoms with Crippen LogP contribution in [0.15, 0.2) is 24.3 Å². The topological polar surface area (TPSA) is 78.5 Å². The lowest BCUT2D eigenvalue weighted by molar-refractivity contribution is -0.135. The third-order valence-corrected chi connectivity index (χ3v) is 6.39. The van der Waals surface area contributed by atoms with Gasteiger partial charge in [-0.05, 0) is 77.8 Å². The lowest BCUT2D eigenvalue weighted by atomic mass is 9.67. The van der Waals surface area contributed by atoms with Crippen LogP contribution >= 0.6 is 22.6 Å². The smallest absolute Gasteiger partial charge is 0.324 e. The summed E-state index contributed by atoms with van der Waals surface area (Å²) >= 11 is 2.16. The van der Waals surface area contributed by atoms with E-state index in [0.717, 1.165) is 21.3 Å². The number of amides is 4. The fraction of sp³-hybridized carbons (Fsp3) is 0.550. The maximum absolute atomic E-state index is 13.0. The molecule has 0 atom stereocenters. The molecule has 2 aliphatic rings. The summed E-state index contributed by atoms with van der Waals surface area (Å²) in [4.78, 5) is 38.7. The van der Waals surface area contributed by atoms with E-state index in [9.17, 15) is 14.4 Å². The molecule has 1 aliphatic carbocycles. The summed E-state index contributed by atoms with van der Waals surface area (Å²) in [6.45, 7) is 6.38. The molecule has 0 radical (unpaired) electrons. The van der Waals surface area contributed by atoms with Gasteiger partial charge in [0.25, 0.3) is 5.91 Å². The highest BCUT2D eigenvalue weighted by Crippen LogP contribution is 2.43. The Morgan fingerprint density at radius 2 is 1.96 bits per heavy atom. The summed E-state index contributed by atoms with van der Waals surface area (Å²) < 4.78 is 0.995. The SMILES string of the molecule is CC(C)(C)C1CCC2(CC1)NC(=O)N(CC(=O)Nc1cccc(I)c1)C2=O. The molecule has 1 spiro atoms. The van der Waals surface area contributed by atoms with Crippen LogP contribution in [0.4, 0.5) is 10.5 Å². The molecule has 4 amide bonds. The predicted octanol–water partition coefficient (Wildman–Crippen LogP) is 3.76. The van der Waals surface area contributed by atoms with E-state index in [1.165, 1.54) is 0 Å². The van der Waals surface area contributed by atoms with Crippen molar-refractivity contribution >= 4 is 46.1 Å². The molecule has 3 rings (SSSR count). The zero-order valence-electron chi connectivity index (χ0n) is 16.0. The number of halogens is 1. The molecule has 146 valence electrons. The molecule has 1 saturated heterocycles. The lowest BCUT2D eigenvalue weighted by Crippen LogP contribution is -2.50. The van der Waals surface area contributed by atoms with E-state index in [4.69, 9.17) is 0 Å². The zero-order chi connectivity index (χ0) is 19.8. The minimum absolute atomic E-state index is 0.194. The normalized spacial score (nSPS) is 25.6. The number of carbonyl (C=O) groups is 3. The van der Waals surface area contributed by atoms with Gasteiger partial charge < -0.3 is 10.6 Å². The molecule has 1 heterocycles. The van der Waals surface area contributed by atoms with E-state index >= 15 is 0 Å². The van der Waals surface area contributed by atoms with Crippen LogP contribution in [0.3, 0.4) is 0 Å². The minimum Gasteiger partial charge on any atom is -0.324 e. The second kappa shape index (κ2) is 7.41. The molecular formula is C20H26IN3O3. The van der Waals surface area contributed by atoms with Crippen molar-refractivity contribution in [1.29, 1.82) is 0 Å². The summed E-state index contributed by atoms with van der Waals surface area (Å²) in [6, 6.07) is 6.91. The highest BCUT2D eigenvalue weighted by atomic mass is 127. The maximum Gasteiger partial charge on any atom is 0.325 e. The molecule has 7 heteroatoms. The standard InChI is InChI=1S/C20H26IN3O3/c1-19(2,3)13-7-9-20(10-8-13)17(26)24(18(27)23-20)12-16(25)22-15-6-4-5-14(21)11-15/h4-6,11,13H,7-10,12H2,1-3H3,(H,22,25)(H,23,27). The van der Waals surface area contributed by atoms with Crippen molar-refractivity contribution < 1.29 is 14.4 Å². The number of rotatable bonds is 3. The van der Waals surface area contributed by atoms with Gasteiger partial charge in [-0.2, -0.15) is 0 Å². The van der Waals surface area contributed by atoms with Crippen molar-refractivity contribution in [3.05, 3.63) is 27.8 Å². The van der Waals surface area contributed by atoms with E-state index in [2.05, 4.69) is 54.0 Å². The molecule has 1 saturated carbocycles. The number of benzene rings is 1. The van der Waals surface area contributed by atoms with Gasteiger partial charge in [0, 0.05) is 9.26 Å². The van der Waals surface area contributed by atoms with Crippen molar-refractivity contribution in [2.75, 3.05) is 11.9 Å². The molecule has 1 aromatic rings. The Hall–Kier alpha value is -1.64. The van der Waals surface area contributed by atoms with E-state index in [1.807, 2.05) is 18.2 Å². The van der Waals surface area contributed by atoms with Gasteiger partial charge in [0.2, 0.25) is 5.91 Å². The van der Waals surface area contributed by atoms with E-state index in [1.54, 1.807) is 6.07 Å². The minimum atomic E-state index is -0.832. The first-order chi connectivity index (χ1) is 12.6. The predicted molar refractivity (Wildman–Crippen MR) is 112 cm³/mol. The van der Waals surface area contributed by atoms with Crippen LogP contribution in [-0.4, -0.2) is 34.8 Å². The van der Waals surface area contributed by atoms with Crippen LogP contribution < -0.4 is 10.6 Å². The molecular weight excluding hydrogens is 457 g/mol. The van der Waals surface area contributed by atoms with Gasteiger partial charge in [-0.15, -0.1) is 0 Å². The monoisotopic (exact) mass is 483 g/mol. The third kappa shape index (κ3) is 4.28. The van der Waals surface area contributed by atoms with Gasteiger partial charge in [-0.1, -0.05) is 26.8 Å². The first-order valence-electron chi connectivity index (χ1n) is 9.30. The Labute approximate surface area is 173 Å². The molecule has 1 aromatic carbocycles. The summed E-state index contributed by atoms with van der Waals surface area (Å²) in [7, 11) is 0. The van der Waals surface area contributed by atoms with E-state index in [0.29, 0.717) is 24.4 Å². The van der Waals surface area contributed by atoms with E-state index < -0.39 is 11.6 Å². The maximum atomic E-state index is 13.0. The molecule has 1 aliphatic heterocycles. The fourth-order valence-electron chi connectivity index (χ4n) is 4.05. The summed E-state index contributed by atoms with van der Waals surface area (Å²) in [6.07, 6.45) is 3.07. The van der Waals surface area contributed by atoms with Gasteiger partial charge in [0.15, 0.2) is 0 Å². The quantitative estimate of drug-likeness (QED) is 0.508. The van der Waals surface area contributed by atoms with E-state index in [-0.39, 0.29) is 23.8 Å². The number of carbonyl (C=O) groups excluding carboxylic acids is 3. The average Bonchev–Trinajstić information content (AvgIpc) is 2.79. The molecule has 0 unspecified atom stereocenters. The Kier molecular flexibility index (Phi) is 5.52. The van der Waals surface area contributed by atoms with Gasteiger partial charge in [0.1, 0.15) is 12.1 Å². The van der Waals surface area contributed by atoms with Crippen molar-refractivity contribution in [2.45, 2.75) is 52.0 Å². The third-order valence-electron chi connectivity index (χ3n) is 5.72. The van der Waals surface area contributed by atoms with Gasteiger partial charge in [-0.3, -0.25) is 14.5 Å². The largest absolute Gasteiger partial charge is 0.325 e. The first-order valence-corrected chi connectivity index (χ1v) is 10.4. The van der Waals surface area contributed by atoms with Crippen LogP contribution in [0.5, 0.6) is 0 Å². The van der Waals surface area contributed by atoms with Gasteiger partial charge in [-0.25, -0.2) is 4.79 Å². The van der Waals surface area contributed by atoms with Gasteiger partial charge >= 0.3 is 6.03 Å². The Morgan fingerprint density at radius 3 is 2.56 bits per heavy atom. The van der Waals surface area contributed by atoms with Crippen molar-refractivity contribution in [3.8, 4) is 0 Å². The number of imide groups is 1. The van der Waals surface area contributed by atoms with Crippen LogP contribution in [-0.2, 0) is 9.59 Å².